The van der Waals surface area contributed by atoms with Crippen LogP contribution in [0.2, 0.25) is 0 Å². The predicted octanol–water partition coefficient (Wildman–Crippen LogP) is 0.824. The lowest BCUT2D eigenvalue weighted by Gasteiger charge is -2.18. The average Bonchev–Trinajstić information content (AvgIpc) is 2.69. The van der Waals surface area contributed by atoms with Gasteiger partial charge in [0.25, 0.3) is 5.91 Å². The van der Waals surface area contributed by atoms with E-state index in [0.29, 0.717) is 5.69 Å². The summed E-state index contributed by atoms with van der Waals surface area (Å²) in [6.45, 7) is 5.70. The summed E-state index contributed by atoms with van der Waals surface area (Å²) < 4.78 is 1.11. The second kappa shape index (κ2) is 4.04. The maximum Gasteiger partial charge on any atom is 0.354 e. The molecule has 2 rings (SSSR count). The first-order valence-corrected chi connectivity index (χ1v) is 5.64. The molecule has 0 aromatic carbocycles. The van der Waals surface area contributed by atoms with Crippen LogP contribution in [0.3, 0.4) is 0 Å². The van der Waals surface area contributed by atoms with E-state index in [1.54, 1.807) is 0 Å². The molecular formula is C12H14N4O3. The van der Waals surface area contributed by atoms with Gasteiger partial charge in [0.1, 0.15) is 5.56 Å². The number of carbonyl (C=O) groups is 2. The first-order chi connectivity index (χ1) is 8.71. The fraction of sp³-hybridized carbons (Fsp3) is 0.333. The molecule has 0 fully saturated rings. The molecule has 0 aliphatic carbocycles. The Kier molecular flexibility index (Phi) is 2.77. The maximum atomic E-state index is 11.3. The van der Waals surface area contributed by atoms with Crippen molar-refractivity contribution in [2.24, 2.45) is 5.73 Å². The van der Waals surface area contributed by atoms with E-state index in [2.05, 4.69) is 10.1 Å². The zero-order chi connectivity index (χ0) is 14.4. The van der Waals surface area contributed by atoms with Crippen LogP contribution >= 0.6 is 0 Å². The molecule has 2 aromatic heterocycles. The van der Waals surface area contributed by atoms with Crippen LogP contribution in [0.15, 0.2) is 12.3 Å². The molecular weight excluding hydrogens is 248 g/mol. The molecule has 0 spiro atoms. The van der Waals surface area contributed by atoms with Crippen LogP contribution in [0.5, 0.6) is 0 Å². The van der Waals surface area contributed by atoms with Crippen molar-refractivity contribution in [3.63, 3.8) is 0 Å². The van der Waals surface area contributed by atoms with Gasteiger partial charge in [-0.15, -0.1) is 0 Å². The van der Waals surface area contributed by atoms with Crippen molar-refractivity contribution in [2.75, 3.05) is 0 Å². The van der Waals surface area contributed by atoms with Gasteiger partial charge in [-0.2, -0.15) is 5.10 Å². The number of aromatic nitrogens is 3. The van der Waals surface area contributed by atoms with Gasteiger partial charge in [0.2, 0.25) is 0 Å². The van der Waals surface area contributed by atoms with Gasteiger partial charge in [0, 0.05) is 5.41 Å². The highest BCUT2D eigenvalue weighted by Gasteiger charge is 2.23. The van der Waals surface area contributed by atoms with E-state index in [0.717, 1.165) is 4.52 Å². The summed E-state index contributed by atoms with van der Waals surface area (Å²) in [4.78, 5) is 26.9. The molecule has 0 aliphatic heterocycles. The number of carbonyl (C=O) groups excluding carboxylic acids is 1. The smallest absolute Gasteiger partial charge is 0.354 e. The highest BCUT2D eigenvalue weighted by molar-refractivity contribution is 5.99. The Bertz CT molecular complexity index is 682. The van der Waals surface area contributed by atoms with Gasteiger partial charge in [-0.25, -0.2) is 14.3 Å². The summed E-state index contributed by atoms with van der Waals surface area (Å²) >= 11 is 0. The number of hydrogen-bond donors (Lipinski definition) is 2. The Morgan fingerprint density at radius 3 is 2.47 bits per heavy atom. The lowest BCUT2D eigenvalue weighted by molar-refractivity contribution is 0.0686. The number of carboxylic acids is 1. The Labute approximate surface area is 109 Å². The van der Waals surface area contributed by atoms with Gasteiger partial charge >= 0.3 is 5.97 Å². The summed E-state index contributed by atoms with van der Waals surface area (Å²) in [6.07, 6.45) is 1.23. The number of primary amides is 1. The molecule has 1 amide bonds. The average molecular weight is 262 g/mol. The van der Waals surface area contributed by atoms with Crippen LogP contribution in [-0.2, 0) is 5.41 Å². The number of rotatable bonds is 2. The van der Waals surface area contributed by atoms with Gasteiger partial charge in [-0.1, -0.05) is 20.8 Å². The number of nitrogens with two attached hydrogens (primary N) is 1. The van der Waals surface area contributed by atoms with Crippen LogP contribution in [0.4, 0.5) is 0 Å². The van der Waals surface area contributed by atoms with Crippen molar-refractivity contribution in [1.29, 1.82) is 0 Å². The number of fused-ring (bicyclic) bond motifs is 1. The lowest BCUT2D eigenvalue weighted by atomic mass is 9.91. The Morgan fingerprint density at radius 1 is 1.37 bits per heavy atom. The van der Waals surface area contributed by atoms with E-state index in [1.165, 1.54) is 12.3 Å². The normalized spacial score (nSPS) is 11.7. The molecule has 0 saturated heterocycles. The summed E-state index contributed by atoms with van der Waals surface area (Å²) in [5, 5.41) is 13.1. The lowest BCUT2D eigenvalue weighted by Crippen LogP contribution is -2.19. The van der Waals surface area contributed by atoms with Crippen molar-refractivity contribution in [3.05, 3.63) is 29.2 Å². The molecule has 0 atom stereocenters. The first-order valence-electron chi connectivity index (χ1n) is 5.64. The second-order valence-corrected chi connectivity index (χ2v) is 5.24. The SMILES string of the molecule is CC(C)(C)c1cc(C(=O)O)n2ncc(C(N)=O)c2n1. The molecule has 19 heavy (non-hydrogen) atoms. The molecule has 3 N–H and O–H groups in total. The molecule has 7 heteroatoms. The number of aromatic carboxylic acids is 1. The molecule has 0 saturated carbocycles. The van der Waals surface area contributed by atoms with Gasteiger partial charge < -0.3 is 10.8 Å². The quantitative estimate of drug-likeness (QED) is 0.832. The highest BCUT2D eigenvalue weighted by atomic mass is 16.4. The third kappa shape index (κ3) is 2.14. The van der Waals surface area contributed by atoms with Gasteiger partial charge in [-0.05, 0) is 6.07 Å². The standard InChI is InChI=1S/C12H14N4O3/c1-12(2,3)8-4-7(11(18)19)16-10(15-8)6(5-14-16)9(13)17/h4-5H,1-3H3,(H2,13,17)(H,18,19). The van der Waals surface area contributed by atoms with Crippen LogP contribution in [0, 0.1) is 0 Å². The fourth-order valence-electron chi connectivity index (χ4n) is 1.67. The van der Waals surface area contributed by atoms with Crippen molar-refractivity contribution in [3.8, 4) is 0 Å². The Hall–Kier alpha value is -2.44. The molecule has 0 aliphatic rings. The maximum absolute atomic E-state index is 11.3. The molecule has 2 heterocycles. The van der Waals surface area contributed by atoms with Gasteiger partial charge in [0.15, 0.2) is 11.3 Å². The largest absolute Gasteiger partial charge is 0.477 e. The number of nitrogens with zero attached hydrogens (tertiary/aromatic N) is 3. The molecule has 100 valence electrons. The third-order valence-electron chi connectivity index (χ3n) is 2.72. The monoisotopic (exact) mass is 262 g/mol. The van der Waals surface area contributed by atoms with E-state index in [1.807, 2.05) is 20.8 Å². The fourth-order valence-corrected chi connectivity index (χ4v) is 1.67. The highest BCUT2D eigenvalue weighted by Crippen LogP contribution is 2.23. The van der Waals surface area contributed by atoms with E-state index < -0.39 is 11.9 Å². The van der Waals surface area contributed by atoms with Gasteiger partial charge in [-0.3, -0.25) is 4.79 Å². The van der Waals surface area contributed by atoms with Crippen molar-refractivity contribution < 1.29 is 14.7 Å². The van der Waals surface area contributed by atoms with Crippen LogP contribution < -0.4 is 5.73 Å². The van der Waals surface area contributed by atoms with E-state index >= 15 is 0 Å². The number of amides is 1. The zero-order valence-corrected chi connectivity index (χ0v) is 10.8. The third-order valence-corrected chi connectivity index (χ3v) is 2.72. The molecule has 0 unspecified atom stereocenters. The van der Waals surface area contributed by atoms with Crippen molar-refractivity contribution in [2.45, 2.75) is 26.2 Å². The molecule has 0 bridgehead atoms. The number of carboxylic acid groups (broad SMARTS) is 1. The first kappa shape index (κ1) is 13.0. The van der Waals surface area contributed by atoms with E-state index in [4.69, 9.17) is 5.73 Å². The second-order valence-electron chi connectivity index (χ2n) is 5.24. The predicted molar refractivity (Wildman–Crippen MR) is 67.2 cm³/mol. The summed E-state index contributed by atoms with van der Waals surface area (Å²) in [6, 6.07) is 1.45. The summed E-state index contributed by atoms with van der Waals surface area (Å²) in [7, 11) is 0. The van der Waals surface area contributed by atoms with Crippen molar-refractivity contribution >= 4 is 17.5 Å². The van der Waals surface area contributed by atoms with Crippen LogP contribution in [-0.4, -0.2) is 31.6 Å². The minimum Gasteiger partial charge on any atom is -0.477 e. The minimum atomic E-state index is -1.14. The molecule has 7 nitrogen and oxygen atoms in total. The topological polar surface area (TPSA) is 111 Å². The van der Waals surface area contributed by atoms with Crippen LogP contribution in [0.1, 0.15) is 47.3 Å². The van der Waals surface area contributed by atoms with E-state index in [-0.39, 0.29) is 22.3 Å². The van der Waals surface area contributed by atoms with Crippen molar-refractivity contribution in [1.82, 2.24) is 14.6 Å². The Balaban J connectivity index is 2.86. The molecule has 0 radical (unpaired) electrons. The summed E-state index contributed by atoms with van der Waals surface area (Å²) in [5.41, 5.74) is 5.65. The Morgan fingerprint density at radius 2 is 2.00 bits per heavy atom. The summed E-state index contributed by atoms with van der Waals surface area (Å²) in [5.74, 6) is -1.83. The molecule has 2 aromatic rings. The van der Waals surface area contributed by atoms with Crippen LogP contribution in [0.25, 0.3) is 5.65 Å². The van der Waals surface area contributed by atoms with E-state index in [9.17, 15) is 14.7 Å². The minimum absolute atomic E-state index is 0.0533. The zero-order valence-electron chi connectivity index (χ0n) is 10.8. The van der Waals surface area contributed by atoms with Gasteiger partial charge in [0.05, 0.1) is 11.9 Å². The number of hydrogen-bond acceptors (Lipinski definition) is 4.